The van der Waals surface area contributed by atoms with Crippen LogP contribution in [0, 0.1) is 0 Å². The van der Waals surface area contributed by atoms with Gasteiger partial charge >= 0.3 is 0 Å². The summed E-state index contributed by atoms with van der Waals surface area (Å²) in [5.41, 5.74) is 1.18. The van der Waals surface area contributed by atoms with E-state index < -0.39 is 0 Å². The zero-order valence-corrected chi connectivity index (χ0v) is 10.0. The molecule has 0 saturated heterocycles. The van der Waals surface area contributed by atoms with Gasteiger partial charge in [0.2, 0.25) is 6.54 Å². The van der Waals surface area contributed by atoms with Gasteiger partial charge in [0.05, 0.1) is 0 Å². The molecule has 0 radical (unpaired) electrons. The fourth-order valence-electron chi connectivity index (χ4n) is 1.33. The van der Waals surface area contributed by atoms with Crippen molar-refractivity contribution in [3.8, 4) is 0 Å². The van der Waals surface area contributed by atoms with E-state index in [1.165, 1.54) is 12.0 Å². The van der Waals surface area contributed by atoms with Crippen LogP contribution in [-0.2, 0) is 6.54 Å². The fraction of sp³-hybridized carbons (Fsp3) is 0.300. The van der Waals surface area contributed by atoms with Crippen LogP contribution < -0.4 is 21.9 Å². The van der Waals surface area contributed by atoms with Crippen molar-refractivity contribution in [1.82, 2.24) is 15.2 Å². The molecule has 2 rings (SSSR count). The molecule has 2 aromatic rings. The number of hydrogen-bond acceptors (Lipinski definition) is 3. The number of nitrogens with zero attached hydrogens (tertiary/aromatic N) is 4. The molecule has 1 N–H and O–H groups in total. The second kappa shape index (κ2) is 5.46. The minimum Gasteiger partial charge on any atom is -1.00 e. The quantitative estimate of drug-likeness (QED) is 0.590. The van der Waals surface area contributed by atoms with Gasteiger partial charge < -0.3 is 17.3 Å². The summed E-state index contributed by atoms with van der Waals surface area (Å²) in [6.07, 6.45) is 5.57. The lowest BCUT2D eigenvalue weighted by Crippen LogP contribution is -3.00. The number of anilines is 1. The summed E-state index contributed by atoms with van der Waals surface area (Å²) in [6, 6.07) is 4.13. The van der Waals surface area contributed by atoms with Crippen molar-refractivity contribution in [3.05, 3.63) is 36.7 Å². The molecule has 0 aromatic carbocycles. The molecule has 0 bridgehead atoms. The Labute approximate surface area is 101 Å². The number of H-pyrrole nitrogens is 1. The maximum Gasteiger partial charge on any atom is 0.207 e. The zero-order chi connectivity index (χ0) is 10.7. The smallest absolute Gasteiger partial charge is 0.207 e. The largest absolute Gasteiger partial charge is 1.00 e. The van der Waals surface area contributed by atoms with Gasteiger partial charge in [-0.15, -0.1) is 0 Å². The molecule has 0 aliphatic heterocycles. The molecule has 2 aromatic heterocycles. The number of rotatable bonds is 3. The van der Waals surface area contributed by atoms with E-state index >= 15 is 0 Å². The Hall–Kier alpha value is -1.62. The number of pyridine rings is 1. The van der Waals surface area contributed by atoms with E-state index in [0.717, 1.165) is 5.82 Å². The normalized spacial score (nSPS) is 9.62. The number of halogens is 1. The molecule has 0 amide bonds. The topological polar surface area (TPSA) is 48.7 Å². The third-order valence-corrected chi connectivity index (χ3v) is 2.19. The monoisotopic (exact) mass is 239 g/mol. The minimum absolute atomic E-state index is 0. The second-order valence-corrected chi connectivity index (χ2v) is 3.56. The first-order valence-corrected chi connectivity index (χ1v) is 4.76. The lowest BCUT2D eigenvalue weighted by molar-refractivity contribution is -0.689. The van der Waals surface area contributed by atoms with Crippen LogP contribution in [-0.4, -0.2) is 29.3 Å². The highest BCUT2D eigenvalue weighted by Gasteiger charge is 2.05. The summed E-state index contributed by atoms with van der Waals surface area (Å²) in [7, 11) is 4.05. The van der Waals surface area contributed by atoms with E-state index in [0.29, 0.717) is 6.54 Å². The van der Waals surface area contributed by atoms with Crippen LogP contribution in [0.25, 0.3) is 0 Å². The minimum atomic E-state index is 0. The first-order valence-electron chi connectivity index (χ1n) is 4.76. The Balaban J connectivity index is 0.00000128. The molecule has 86 valence electrons. The summed E-state index contributed by atoms with van der Waals surface area (Å²) in [5, 5.41) is 6.64. The third kappa shape index (κ3) is 2.93. The van der Waals surface area contributed by atoms with Crippen LogP contribution >= 0.6 is 0 Å². The van der Waals surface area contributed by atoms with E-state index in [1.807, 2.05) is 31.1 Å². The Morgan fingerprint density at radius 2 is 2.00 bits per heavy atom. The standard InChI is InChI=1S/C10H14N5.ClH/c1-14(2)9-3-5-15(6-4-9)7-10-11-8-12-13-10;/h3-6,8H,7H2,1-2H3,(H,11,12,13);1H/q+1;/p-1. The molecule has 0 spiro atoms. The Morgan fingerprint density at radius 1 is 1.31 bits per heavy atom. The van der Waals surface area contributed by atoms with Crippen molar-refractivity contribution in [2.24, 2.45) is 0 Å². The average Bonchev–Trinajstić information content (AvgIpc) is 2.71. The summed E-state index contributed by atoms with van der Waals surface area (Å²) in [5.74, 6) is 0.859. The Morgan fingerprint density at radius 3 is 2.50 bits per heavy atom. The van der Waals surface area contributed by atoms with Crippen LogP contribution in [0.3, 0.4) is 0 Å². The number of hydrogen-bond donors (Lipinski definition) is 1. The lowest BCUT2D eigenvalue weighted by atomic mass is 10.4. The first kappa shape index (κ1) is 12.4. The summed E-state index contributed by atoms with van der Waals surface area (Å²) >= 11 is 0. The van der Waals surface area contributed by atoms with Crippen molar-refractivity contribution in [3.63, 3.8) is 0 Å². The molecule has 6 heteroatoms. The molecule has 0 aliphatic rings. The van der Waals surface area contributed by atoms with Crippen LogP contribution in [0.5, 0.6) is 0 Å². The van der Waals surface area contributed by atoms with Gasteiger partial charge in [0.15, 0.2) is 18.2 Å². The van der Waals surface area contributed by atoms with E-state index in [2.05, 4.69) is 32.2 Å². The van der Waals surface area contributed by atoms with E-state index in [-0.39, 0.29) is 12.4 Å². The van der Waals surface area contributed by atoms with E-state index in [1.54, 1.807) is 0 Å². The van der Waals surface area contributed by atoms with Crippen LogP contribution in [0.15, 0.2) is 30.9 Å². The van der Waals surface area contributed by atoms with Crippen molar-refractivity contribution >= 4 is 5.69 Å². The number of nitrogens with one attached hydrogen (secondary N) is 1. The number of aromatic nitrogens is 4. The number of aromatic amines is 1. The molecule has 0 aliphatic carbocycles. The predicted molar refractivity (Wildman–Crippen MR) is 56.4 cm³/mol. The van der Waals surface area contributed by atoms with Crippen LogP contribution in [0.4, 0.5) is 5.69 Å². The van der Waals surface area contributed by atoms with Crippen LogP contribution in [0.1, 0.15) is 5.82 Å². The average molecular weight is 240 g/mol. The predicted octanol–water partition coefficient (Wildman–Crippen LogP) is -2.79. The summed E-state index contributed by atoms with van der Waals surface area (Å²) in [4.78, 5) is 6.14. The highest BCUT2D eigenvalue weighted by molar-refractivity contribution is 5.41. The van der Waals surface area contributed by atoms with Gasteiger partial charge in [-0.05, 0) is 0 Å². The van der Waals surface area contributed by atoms with Gasteiger partial charge in [-0.1, -0.05) is 0 Å². The van der Waals surface area contributed by atoms with Gasteiger partial charge in [0.1, 0.15) is 6.33 Å². The van der Waals surface area contributed by atoms with Crippen molar-refractivity contribution in [2.75, 3.05) is 19.0 Å². The summed E-state index contributed by atoms with van der Waals surface area (Å²) < 4.78 is 2.05. The Kier molecular flexibility index (Phi) is 4.25. The van der Waals surface area contributed by atoms with Gasteiger partial charge in [-0.3, -0.25) is 5.10 Å². The maximum atomic E-state index is 4.07. The van der Waals surface area contributed by atoms with Gasteiger partial charge in [0, 0.05) is 31.9 Å². The Bertz CT molecular complexity index is 409. The maximum absolute atomic E-state index is 4.07. The fourth-order valence-corrected chi connectivity index (χ4v) is 1.33. The van der Waals surface area contributed by atoms with Crippen LogP contribution in [0.2, 0.25) is 0 Å². The molecular formula is C10H14ClN5. The molecule has 0 unspecified atom stereocenters. The molecule has 0 saturated carbocycles. The molecule has 2 heterocycles. The first-order chi connectivity index (χ1) is 7.25. The van der Waals surface area contributed by atoms with Crippen molar-refractivity contribution in [1.29, 1.82) is 0 Å². The van der Waals surface area contributed by atoms with E-state index in [9.17, 15) is 0 Å². The highest BCUT2D eigenvalue weighted by atomic mass is 35.5. The lowest BCUT2D eigenvalue weighted by Gasteiger charge is -2.10. The SMILES string of the molecule is CN(C)c1cc[n+](Cc2ncn[nH]2)cc1.[Cl-]. The zero-order valence-electron chi connectivity index (χ0n) is 9.26. The summed E-state index contributed by atoms with van der Waals surface area (Å²) in [6.45, 7) is 0.716. The van der Waals surface area contributed by atoms with Gasteiger partial charge in [-0.25, -0.2) is 4.98 Å². The molecule has 16 heavy (non-hydrogen) atoms. The van der Waals surface area contributed by atoms with Gasteiger partial charge in [0.25, 0.3) is 0 Å². The van der Waals surface area contributed by atoms with Gasteiger partial charge in [-0.2, -0.15) is 9.67 Å². The highest BCUT2D eigenvalue weighted by Crippen LogP contribution is 2.05. The molecule has 0 fully saturated rings. The van der Waals surface area contributed by atoms with Crippen molar-refractivity contribution in [2.45, 2.75) is 6.54 Å². The second-order valence-electron chi connectivity index (χ2n) is 3.56. The third-order valence-electron chi connectivity index (χ3n) is 2.19. The van der Waals surface area contributed by atoms with Crippen molar-refractivity contribution < 1.29 is 17.0 Å². The molecular weight excluding hydrogens is 226 g/mol. The molecule has 5 nitrogen and oxygen atoms in total. The molecule has 0 atom stereocenters. The van der Waals surface area contributed by atoms with E-state index in [4.69, 9.17) is 0 Å².